The Morgan fingerprint density at radius 2 is 2.12 bits per heavy atom. The highest BCUT2D eigenvalue weighted by Gasteiger charge is 2.28. The first kappa shape index (κ1) is 10.3. The van der Waals surface area contributed by atoms with Gasteiger partial charge in [-0.3, -0.25) is 4.68 Å². The zero-order valence-electron chi connectivity index (χ0n) is 9.78. The largest absolute Gasteiger partial charge is 0.377 e. The van der Waals surface area contributed by atoms with Gasteiger partial charge in [-0.2, -0.15) is 5.10 Å². The molecule has 0 bridgehead atoms. The summed E-state index contributed by atoms with van der Waals surface area (Å²) < 4.78 is 7.48. The maximum Gasteiger partial charge on any atom is 0.0988 e. The van der Waals surface area contributed by atoms with Gasteiger partial charge < -0.3 is 10.1 Å². The van der Waals surface area contributed by atoms with Crippen molar-refractivity contribution in [3.8, 4) is 0 Å². The van der Waals surface area contributed by atoms with Gasteiger partial charge in [-0.15, -0.1) is 0 Å². The molecule has 16 heavy (non-hydrogen) atoms. The number of aromatic nitrogens is 2. The van der Waals surface area contributed by atoms with Crippen molar-refractivity contribution in [3.05, 3.63) is 17.5 Å². The third-order valence-electron chi connectivity index (χ3n) is 3.72. The van der Waals surface area contributed by atoms with Crippen LogP contribution >= 0.6 is 0 Å². The maximum atomic E-state index is 5.27. The Hall–Kier alpha value is -0.870. The van der Waals surface area contributed by atoms with Crippen LogP contribution in [-0.4, -0.2) is 36.1 Å². The number of hydrogen-bond donors (Lipinski definition) is 1. The zero-order valence-corrected chi connectivity index (χ0v) is 9.78. The van der Waals surface area contributed by atoms with E-state index < -0.39 is 0 Å². The third-order valence-corrected chi connectivity index (χ3v) is 3.72. The fraction of sp³-hybridized carbons (Fsp3) is 0.750. The van der Waals surface area contributed by atoms with E-state index in [9.17, 15) is 0 Å². The van der Waals surface area contributed by atoms with Crippen molar-refractivity contribution in [2.75, 3.05) is 26.3 Å². The molecule has 2 aliphatic heterocycles. The van der Waals surface area contributed by atoms with Crippen LogP contribution in [0.3, 0.4) is 0 Å². The number of aryl methyl sites for hydroxylation is 1. The maximum absolute atomic E-state index is 5.27. The summed E-state index contributed by atoms with van der Waals surface area (Å²) in [6.45, 7) is 6.12. The number of ether oxygens (including phenoxy) is 1. The van der Waals surface area contributed by atoms with Crippen molar-refractivity contribution in [3.63, 3.8) is 0 Å². The predicted molar refractivity (Wildman–Crippen MR) is 61.7 cm³/mol. The van der Waals surface area contributed by atoms with Crippen molar-refractivity contribution in [2.45, 2.75) is 31.7 Å². The van der Waals surface area contributed by atoms with Crippen LogP contribution in [0, 0.1) is 6.92 Å². The van der Waals surface area contributed by atoms with E-state index in [0.29, 0.717) is 12.0 Å². The van der Waals surface area contributed by atoms with Crippen LogP contribution in [0.2, 0.25) is 0 Å². The monoisotopic (exact) mass is 221 g/mol. The molecule has 2 saturated heterocycles. The highest BCUT2D eigenvalue weighted by Crippen LogP contribution is 2.31. The van der Waals surface area contributed by atoms with Gasteiger partial charge in [0.25, 0.3) is 0 Å². The molecular formula is C12H19N3O. The molecule has 2 aliphatic rings. The lowest BCUT2D eigenvalue weighted by atomic mass is 9.92. The summed E-state index contributed by atoms with van der Waals surface area (Å²) in [6, 6.07) is 0.485. The highest BCUT2D eigenvalue weighted by atomic mass is 16.5. The van der Waals surface area contributed by atoms with E-state index in [1.54, 1.807) is 0 Å². The first-order valence-electron chi connectivity index (χ1n) is 6.18. The second-order valence-electron chi connectivity index (χ2n) is 4.87. The van der Waals surface area contributed by atoms with Crippen LogP contribution in [0.15, 0.2) is 6.20 Å². The molecule has 0 atom stereocenters. The van der Waals surface area contributed by atoms with E-state index in [0.717, 1.165) is 26.3 Å². The Bertz CT molecular complexity index is 364. The van der Waals surface area contributed by atoms with Crippen molar-refractivity contribution in [1.82, 2.24) is 15.1 Å². The first-order chi connectivity index (χ1) is 7.86. The molecule has 2 fully saturated rings. The molecule has 1 N–H and O–H groups in total. The molecule has 1 aromatic rings. The molecule has 0 aromatic carbocycles. The molecule has 0 spiro atoms. The van der Waals surface area contributed by atoms with E-state index in [4.69, 9.17) is 4.74 Å². The Morgan fingerprint density at radius 3 is 2.75 bits per heavy atom. The average Bonchev–Trinajstić information content (AvgIpc) is 2.59. The van der Waals surface area contributed by atoms with E-state index in [-0.39, 0.29) is 0 Å². The summed E-state index contributed by atoms with van der Waals surface area (Å²) in [5.74, 6) is 0.685. The second-order valence-corrected chi connectivity index (χ2v) is 4.87. The van der Waals surface area contributed by atoms with Crippen molar-refractivity contribution in [2.24, 2.45) is 0 Å². The minimum absolute atomic E-state index is 0.485. The summed E-state index contributed by atoms with van der Waals surface area (Å²) in [5, 5.41) is 7.95. The fourth-order valence-electron chi connectivity index (χ4n) is 2.72. The van der Waals surface area contributed by atoms with Crippen LogP contribution in [-0.2, 0) is 4.74 Å². The molecule has 1 aromatic heterocycles. The summed E-state index contributed by atoms with van der Waals surface area (Å²) >= 11 is 0. The topological polar surface area (TPSA) is 39.1 Å². The number of piperidine rings is 1. The Morgan fingerprint density at radius 1 is 1.38 bits per heavy atom. The van der Waals surface area contributed by atoms with E-state index in [1.165, 1.54) is 24.1 Å². The molecule has 88 valence electrons. The van der Waals surface area contributed by atoms with Gasteiger partial charge in [0.2, 0.25) is 0 Å². The molecule has 3 heterocycles. The Labute approximate surface area is 96.0 Å². The molecule has 0 aliphatic carbocycles. The Balaban J connectivity index is 1.88. The third kappa shape index (κ3) is 1.66. The van der Waals surface area contributed by atoms with Gasteiger partial charge >= 0.3 is 0 Å². The second kappa shape index (κ2) is 4.18. The van der Waals surface area contributed by atoms with Gasteiger partial charge in [-0.05, 0) is 38.4 Å². The molecule has 0 saturated carbocycles. The minimum Gasteiger partial charge on any atom is -0.377 e. The van der Waals surface area contributed by atoms with E-state index in [1.807, 2.05) is 6.20 Å². The normalized spacial score (nSPS) is 23.3. The molecule has 0 unspecified atom stereocenters. The SMILES string of the molecule is Cc1cnn(C2COC2)c1C1CCNCC1. The quantitative estimate of drug-likeness (QED) is 0.816. The number of rotatable bonds is 2. The van der Waals surface area contributed by atoms with Crippen molar-refractivity contribution < 1.29 is 4.74 Å². The fourth-order valence-corrected chi connectivity index (χ4v) is 2.72. The number of nitrogens with zero attached hydrogens (tertiary/aromatic N) is 2. The van der Waals surface area contributed by atoms with Crippen LogP contribution < -0.4 is 5.32 Å². The summed E-state index contributed by atoms with van der Waals surface area (Å²) in [7, 11) is 0. The van der Waals surface area contributed by atoms with Gasteiger partial charge in [0.1, 0.15) is 0 Å². The standard InChI is InChI=1S/C12H19N3O/c1-9-6-14-15(11-7-16-8-11)12(9)10-2-4-13-5-3-10/h6,10-11,13H,2-5,7-8H2,1H3. The molecular weight excluding hydrogens is 202 g/mol. The smallest absolute Gasteiger partial charge is 0.0988 e. The lowest BCUT2D eigenvalue weighted by Gasteiger charge is -2.31. The van der Waals surface area contributed by atoms with Gasteiger partial charge in [-0.1, -0.05) is 0 Å². The van der Waals surface area contributed by atoms with Gasteiger partial charge in [0.15, 0.2) is 0 Å². The number of nitrogens with one attached hydrogen (secondary N) is 1. The van der Waals surface area contributed by atoms with Gasteiger partial charge in [0.05, 0.1) is 25.5 Å². The molecule has 3 rings (SSSR count). The van der Waals surface area contributed by atoms with Crippen LogP contribution in [0.4, 0.5) is 0 Å². The van der Waals surface area contributed by atoms with E-state index >= 15 is 0 Å². The number of hydrogen-bond acceptors (Lipinski definition) is 3. The zero-order chi connectivity index (χ0) is 11.0. The van der Waals surface area contributed by atoms with Crippen LogP contribution in [0.25, 0.3) is 0 Å². The van der Waals surface area contributed by atoms with Gasteiger partial charge in [-0.25, -0.2) is 0 Å². The lowest BCUT2D eigenvalue weighted by molar-refractivity contribution is -0.0304. The predicted octanol–water partition coefficient (Wildman–Crippen LogP) is 1.23. The average molecular weight is 221 g/mol. The molecule has 0 amide bonds. The summed E-state index contributed by atoms with van der Waals surface area (Å²) in [4.78, 5) is 0. The minimum atomic E-state index is 0.485. The highest BCUT2D eigenvalue weighted by molar-refractivity contribution is 5.22. The summed E-state index contributed by atoms with van der Waals surface area (Å²) in [6.07, 6.45) is 4.48. The molecule has 4 heteroatoms. The summed E-state index contributed by atoms with van der Waals surface area (Å²) in [5.41, 5.74) is 2.80. The van der Waals surface area contributed by atoms with E-state index in [2.05, 4.69) is 22.0 Å². The first-order valence-corrected chi connectivity index (χ1v) is 6.18. The van der Waals surface area contributed by atoms with Crippen LogP contribution in [0.5, 0.6) is 0 Å². The molecule has 4 nitrogen and oxygen atoms in total. The van der Waals surface area contributed by atoms with Crippen molar-refractivity contribution >= 4 is 0 Å². The Kier molecular flexibility index (Phi) is 2.69. The molecule has 0 radical (unpaired) electrons. The lowest BCUT2D eigenvalue weighted by Crippen LogP contribution is -2.35. The van der Waals surface area contributed by atoms with Crippen LogP contribution in [0.1, 0.15) is 36.1 Å². The van der Waals surface area contributed by atoms with Crippen molar-refractivity contribution in [1.29, 1.82) is 0 Å². The van der Waals surface area contributed by atoms with Gasteiger partial charge in [0, 0.05) is 11.6 Å².